The topological polar surface area (TPSA) is 117 Å². The standard InChI is InChI=1S/C23H17BrN2O5S/c24-15-6-8-16(9-7-15)32(30,31)13-21-20(25-18-3-1-2-4-19(18)26-21)11-14-5-10-17(23(28)29)22(27)12-14/h1-10,12,27H,11,13H2,(H,28,29). The second-order valence-corrected chi connectivity index (χ2v) is 10.1. The van der Waals surface area contributed by atoms with E-state index in [1.165, 1.54) is 24.3 Å². The molecule has 7 nitrogen and oxygen atoms in total. The molecule has 162 valence electrons. The Morgan fingerprint density at radius 3 is 2.12 bits per heavy atom. The predicted octanol–water partition coefficient (Wildman–Crippen LogP) is 4.36. The molecule has 0 radical (unpaired) electrons. The highest BCUT2D eigenvalue weighted by Crippen LogP contribution is 2.25. The summed E-state index contributed by atoms with van der Waals surface area (Å²) in [5.74, 6) is -1.95. The van der Waals surface area contributed by atoms with E-state index in [1.54, 1.807) is 36.4 Å². The van der Waals surface area contributed by atoms with Crippen LogP contribution in [-0.4, -0.2) is 34.6 Å². The number of halogens is 1. The van der Waals surface area contributed by atoms with Crippen molar-refractivity contribution in [1.29, 1.82) is 0 Å². The van der Waals surface area contributed by atoms with Gasteiger partial charge in [0.15, 0.2) is 9.84 Å². The zero-order chi connectivity index (χ0) is 22.9. The van der Waals surface area contributed by atoms with Crippen LogP contribution >= 0.6 is 15.9 Å². The number of aromatic hydroxyl groups is 1. The molecule has 0 aliphatic heterocycles. The molecule has 0 aliphatic rings. The summed E-state index contributed by atoms with van der Waals surface area (Å²) in [6.07, 6.45) is 0.177. The summed E-state index contributed by atoms with van der Waals surface area (Å²) in [6, 6.07) is 17.7. The number of fused-ring (bicyclic) bond motifs is 1. The lowest BCUT2D eigenvalue weighted by Crippen LogP contribution is -2.11. The van der Waals surface area contributed by atoms with E-state index in [0.29, 0.717) is 28.0 Å². The number of aromatic nitrogens is 2. The van der Waals surface area contributed by atoms with Crippen molar-refractivity contribution in [3.8, 4) is 5.75 Å². The Balaban J connectivity index is 1.76. The molecule has 0 spiro atoms. The summed E-state index contributed by atoms with van der Waals surface area (Å²) in [6.45, 7) is 0. The van der Waals surface area contributed by atoms with Gasteiger partial charge in [0.25, 0.3) is 0 Å². The van der Waals surface area contributed by atoms with E-state index in [9.17, 15) is 18.3 Å². The lowest BCUT2D eigenvalue weighted by molar-refractivity contribution is 0.0693. The minimum atomic E-state index is -3.69. The molecule has 0 fully saturated rings. The van der Waals surface area contributed by atoms with Crippen LogP contribution in [0.25, 0.3) is 11.0 Å². The molecule has 0 amide bonds. The van der Waals surface area contributed by atoms with Gasteiger partial charge >= 0.3 is 5.97 Å². The quantitative estimate of drug-likeness (QED) is 0.394. The molecular weight excluding hydrogens is 496 g/mol. The van der Waals surface area contributed by atoms with Gasteiger partial charge in [-0.3, -0.25) is 0 Å². The predicted molar refractivity (Wildman–Crippen MR) is 122 cm³/mol. The number of hydrogen-bond donors (Lipinski definition) is 2. The Kier molecular flexibility index (Phi) is 5.94. The van der Waals surface area contributed by atoms with Crippen LogP contribution < -0.4 is 0 Å². The van der Waals surface area contributed by atoms with E-state index in [1.807, 2.05) is 6.07 Å². The smallest absolute Gasteiger partial charge is 0.339 e. The number of carboxylic acids is 1. The molecule has 1 aromatic heterocycles. The number of phenols is 1. The summed E-state index contributed by atoms with van der Waals surface area (Å²) in [5, 5.41) is 19.1. The van der Waals surface area contributed by atoms with Crippen molar-refractivity contribution < 1.29 is 23.4 Å². The van der Waals surface area contributed by atoms with Crippen LogP contribution in [-0.2, 0) is 22.0 Å². The number of carbonyl (C=O) groups is 1. The zero-order valence-electron chi connectivity index (χ0n) is 16.6. The second-order valence-electron chi connectivity index (χ2n) is 7.15. The van der Waals surface area contributed by atoms with Gasteiger partial charge in [0.05, 0.1) is 33.1 Å². The molecule has 0 saturated heterocycles. The van der Waals surface area contributed by atoms with E-state index in [4.69, 9.17) is 5.11 Å². The summed E-state index contributed by atoms with van der Waals surface area (Å²) >= 11 is 3.30. The Morgan fingerprint density at radius 1 is 0.906 bits per heavy atom. The van der Waals surface area contributed by atoms with Crippen molar-refractivity contribution >= 4 is 42.8 Å². The van der Waals surface area contributed by atoms with Gasteiger partial charge in [-0.1, -0.05) is 34.1 Å². The van der Waals surface area contributed by atoms with Gasteiger partial charge in [-0.15, -0.1) is 0 Å². The lowest BCUT2D eigenvalue weighted by Gasteiger charge is -2.12. The van der Waals surface area contributed by atoms with E-state index in [2.05, 4.69) is 25.9 Å². The molecular formula is C23H17BrN2O5S. The third-order valence-electron chi connectivity index (χ3n) is 4.89. The maximum absolute atomic E-state index is 13.0. The van der Waals surface area contributed by atoms with Crippen molar-refractivity contribution in [2.24, 2.45) is 0 Å². The maximum Gasteiger partial charge on any atom is 0.339 e. The number of para-hydroxylation sites is 2. The van der Waals surface area contributed by atoms with Crippen LogP contribution in [0.2, 0.25) is 0 Å². The molecule has 0 aliphatic carbocycles. The van der Waals surface area contributed by atoms with Crippen molar-refractivity contribution in [3.63, 3.8) is 0 Å². The van der Waals surface area contributed by atoms with Gasteiger partial charge in [0, 0.05) is 10.9 Å². The Labute approximate surface area is 192 Å². The molecule has 4 rings (SSSR count). The fraction of sp³-hybridized carbons (Fsp3) is 0.0870. The minimum absolute atomic E-state index is 0.171. The number of aromatic carboxylic acids is 1. The zero-order valence-corrected chi connectivity index (χ0v) is 19.0. The molecule has 0 bridgehead atoms. The van der Waals surface area contributed by atoms with Gasteiger partial charge in [0.1, 0.15) is 11.3 Å². The Bertz CT molecular complexity index is 1440. The van der Waals surface area contributed by atoms with Crippen molar-refractivity contribution in [3.05, 3.63) is 93.7 Å². The first kappa shape index (κ1) is 21.9. The Morgan fingerprint density at radius 2 is 1.53 bits per heavy atom. The number of hydrogen-bond acceptors (Lipinski definition) is 6. The van der Waals surface area contributed by atoms with Crippen LogP contribution in [0, 0.1) is 0 Å². The van der Waals surface area contributed by atoms with Gasteiger partial charge in [-0.25, -0.2) is 23.2 Å². The molecule has 9 heteroatoms. The third-order valence-corrected chi connectivity index (χ3v) is 7.06. The average molecular weight is 513 g/mol. The highest BCUT2D eigenvalue weighted by atomic mass is 79.9. The largest absolute Gasteiger partial charge is 0.507 e. The normalized spacial score (nSPS) is 11.5. The maximum atomic E-state index is 13.0. The summed E-state index contributed by atoms with van der Waals surface area (Å²) < 4.78 is 26.8. The van der Waals surface area contributed by atoms with Crippen LogP contribution in [0.3, 0.4) is 0 Å². The summed E-state index contributed by atoms with van der Waals surface area (Å²) in [5.41, 5.74) is 2.29. The number of benzene rings is 3. The average Bonchev–Trinajstić information content (AvgIpc) is 2.74. The van der Waals surface area contributed by atoms with Crippen LogP contribution in [0.5, 0.6) is 5.75 Å². The number of rotatable bonds is 6. The fourth-order valence-corrected chi connectivity index (χ4v) is 4.87. The van der Waals surface area contributed by atoms with E-state index in [-0.39, 0.29) is 28.4 Å². The first-order chi connectivity index (χ1) is 15.2. The molecule has 1 heterocycles. The first-order valence-electron chi connectivity index (χ1n) is 9.51. The molecule has 0 unspecified atom stereocenters. The minimum Gasteiger partial charge on any atom is -0.507 e. The third kappa shape index (κ3) is 4.63. The van der Waals surface area contributed by atoms with Gasteiger partial charge in [-0.05, 0) is 54.1 Å². The summed E-state index contributed by atoms with van der Waals surface area (Å²) in [4.78, 5) is 20.5. The van der Waals surface area contributed by atoms with Crippen molar-refractivity contribution in [1.82, 2.24) is 9.97 Å². The molecule has 0 atom stereocenters. The highest BCUT2D eigenvalue weighted by molar-refractivity contribution is 9.10. The highest BCUT2D eigenvalue weighted by Gasteiger charge is 2.21. The SMILES string of the molecule is O=C(O)c1ccc(Cc2nc3ccccc3nc2CS(=O)(=O)c2ccc(Br)cc2)cc1O. The number of carboxylic acid groups (broad SMARTS) is 1. The summed E-state index contributed by atoms with van der Waals surface area (Å²) in [7, 11) is -3.69. The monoisotopic (exact) mass is 512 g/mol. The van der Waals surface area contributed by atoms with E-state index < -0.39 is 15.8 Å². The van der Waals surface area contributed by atoms with Gasteiger partial charge in [0.2, 0.25) is 0 Å². The number of sulfone groups is 1. The lowest BCUT2D eigenvalue weighted by atomic mass is 10.0. The molecule has 0 saturated carbocycles. The van der Waals surface area contributed by atoms with Gasteiger partial charge < -0.3 is 10.2 Å². The fourth-order valence-electron chi connectivity index (χ4n) is 3.30. The molecule has 4 aromatic rings. The van der Waals surface area contributed by atoms with E-state index in [0.717, 1.165) is 4.47 Å². The molecule has 32 heavy (non-hydrogen) atoms. The Hall–Kier alpha value is -3.30. The van der Waals surface area contributed by atoms with Crippen LogP contribution in [0.4, 0.5) is 0 Å². The first-order valence-corrected chi connectivity index (χ1v) is 12.0. The van der Waals surface area contributed by atoms with Crippen LogP contribution in [0.15, 0.2) is 76.1 Å². The molecule has 3 aromatic carbocycles. The van der Waals surface area contributed by atoms with Gasteiger partial charge in [-0.2, -0.15) is 0 Å². The van der Waals surface area contributed by atoms with Crippen molar-refractivity contribution in [2.45, 2.75) is 17.1 Å². The second kappa shape index (κ2) is 8.68. The van der Waals surface area contributed by atoms with E-state index >= 15 is 0 Å². The number of nitrogens with zero attached hydrogens (tertiary/aromatic N) is 2. The van der Waals surface area contributed by atoms with Crippen LogP contribution in [0.1, 0.15) is 27.3 Å². The van der Waals surface area contributed by atoms with Crippen molar-refractivity contribution in [2.75, 3.05) is 0 Å². The molecule has 2 N–H and O–H groups in total.